The van der Waals surface area contributed by atoms with Crippen LogP contribution in [0.1, 0.15) is 41.9 Å². The fraction of sp³-hybridized carbons (Fsp3) is 0.211. The van der Waals surface area contributed by atoms with Crippen molar-refractivity contribution in [1.29, 1.82) is 0 Å². The van der Waals surface area contributed by atoms with E-state index in [0.717, 1.165) is 29.3 Å². The van der Waals surface area contributed by atoms with E-state index in [1.165, 1.54) is 0 Å². The van der Waals surface area contributed by atoms with Crippen LogP contribution in [0.4, 0.5) is 0 Å². The number of aromatic nitrogens is 1. The Morgan fingerprint density at radius 1 is 1.09 bits per heavy atom. The van der Waals surface area contributed by atoms with Crippen molar-refractivity contribution >= 4 is 16.8 Å². The summed E-state index contributed by atoms with van der Waals surface area (Å²) in [4.78, 5) is 15.7. The molecule has 1 heterocycles. The molecule has 112 valence electrons. The molecule has 0 aliphatic heterocycles. The second kappa shape index (κ2) is 6.48. The van der Waals surface area contributed by atoms with Crippen LogP contribution in [0.2, 0.25) is 0 Å². The lowest BCUT2D eigenvalue weighted by molar-refractivity contribution is 0.0930. The van der Waals surface area contributed by atoms with Crippen LogP contribution in [0.15, 0.2) is 60.7 Å². The van der Waals surface area contributed by atoms with Crippen molar-refractivity contribution in [2.45, 2.75) is 25.8 Å². The molecule has 0 saturated carbocycles. The van der Waals surface area contributed by atoms with Crippen molar-refractivity contribution < 1.29 is 4.79 Å². The smallest absolute Gasteiger partial charge is 0.268 e. The van der Waals surface area contributed by atoms with Gasteiger partial charge in [-0.1, -0.05) is 61.9 Å². The molecule has 3 aromatic rings. The van der Waals surface area contributed by atoms with Crippen LogP contribution in [0, 0.1) is 0 Å². The van der Waals surface area contributed by atoms with Crippen molar-refractivity contribution in [3.05, 3.63) is 71.9 Å². The zero-order valence-corrected chi connectivity index (χ0v) is 12.7. The number of rotatable bonds is 5. The van der Waals surface area contributed by atoms with Gasteiger partial charge in [-0.05, 0) is 24.1 Å². The number of aromatic amines is 1. The van der Waals surface area contributed by atoms with Gasteiger partial charge in [0.1, 0.15) is 5.69 Å². The van der Waals surface area contributed by atoms with E-state index in [9.17, 15) is 4.79 Å². The van der Waals surface area contributed by atoms with Crippen LogP contribution in [-0.4, -0.2) is 10.9 Å². The van der Waals surface area contributed by atoms with Crippen LogP contribution < -0.4 is 5.32 Å². The van der Waals surface area contributed by atoms with E-state index in [-0.39, 0.29) is 11.9 Å². The number of hydrogen-bond donors (Lipinski definition) is 2. The van der Waals surface area contributed by atoms with E-state index in [1.54, 1.807) is 0 Å². The van der Waals surface area contributed by atoms with Gasteiger partial charge in [0.2, 0.25) is 0 Å². The standard InChI is InChI=1S/C19H20N2O/c1-2-8-16(14-9-4-3-5-10-14)21-19(22)18-13-15-11-6-7-12-17(15)20-18/h3-7,9-13,16,20H,2,8H2,1H3,(H,21,22). The first-order chi connectivity index (χ1) is 10.8. The lowest BCUT2D eigenvalue weighted by Gasteiger charge is -2.18. The molecule has 0 aliphatic carbocycles. The monoisotopic (exact) mass is 292 g/mol. The molecule has 0 spiro atoms. The van der Waals surface area contributed by atoms with Crippen molar-refractivity contribution in [2.75, 3.05) is 0 Å². The van der Waals surface area contributed by atoms with E-state index in [4.69, 9.17) is 0 Å². The Morgan fingerprint density at radius 2 is 1.82 bits per heavy atom. The Bertz CT molecular complexity index is 728. The van der Waals surface area contributed by atoms with Gasteiger partial charge in [0.25, 0.3) is 5.91 Å². The van der Waals surface area contributed by atoms with E-state index >= 15 is 0 Å². The third-order valence-corrected chi connectivity index (χ3v) is 3.86. The number of nitrogens with one attached hydrogen (secondary N) is 2. The second-order valence-corrected chi connectivity index (χ2v) is 5.50. The van der Waals surface area contributed by atoms with Crippen molar-refractivity contribution in [3.63, 3.8) is 0 Å². The molecule has 3 nitrogen and oxygen atoms in total. The Labute approximate surface area is 130 Å². The molecule has 0 radical (unpaired) electrons. The van der Waals surface area contributed by atoms with Crippen LogP contribution in [0.5, 0.6) is 0 Å². The summed E-state index contributed by atoms with van der Waals surface area (Å²) in [6.45, 7) is 2.13. The molecule has 3 rings (SSSR count). The first-order valence-corrected chi connectivity index (χ1v) is 7.71. The average molecular weight is 292 g/mol. The molecule has 1 atom stereocenters. The average Bonchev–Trinajstić information content (AvgIpc) is 2.99. The predicted octanol–water partition coefficient (Wildman–Crippen LogP) is 4.44. The second-order valence-electron chi connectivity index (χ2n) is 5.50. The first-order valence-electron chi connectivity index (χ1n) is 7.71. The van der Waals surface area contributed by atoms with Gasteiger partial charge in [0.15, 0.2) is 0 Å². The van der Waals surface area contributed by atoms with Crippen LogP contribution in [0.25, 0.3) is 10.9 Å². The molecule has 0 saturated heterocycles. The van der Waals surface area contributed by atoms with Gasteiger partial charge in [-0.2, -0.15) is 0 Å². The van der Waals surface area contributed by atoms with Crippen molar-refractivity contribution in [3.8, 4) is 0 Å². The number of fused-ring (bicyclic) bond motifs is 1. The van der Waals surface area contributed by atoms with E-state index in [2.05, 4.69) is 29.4 Å². The Hall–Kier alpha value is -2.55. The van der Waals surface area contributed by atoms with Gasteiger partial charge in [-0.15, -0.1) is 0 Å². The molecule has 2 aromatic carbocycles. The third-order valence-electron chi connectivity index (χ3n) is 3.86. The van der Waals surface area contributed by atoms with Crippen LogP contribution in [0.3, 0.4) is 0 Å². The number of amides is 1. The van der Waals surface area contributed by atoms with Crippen molar-refractivity contribution in [2.24, 2.45) is 0 Å². The number of H-pyrrole nitrogens is 1. The van der Waals surface area contributed by atoms with Crippen LogP contribution >= 0.6 is 0 Å². The summed E-state index contributed by atoms with van der Waals surface area (Å²) in [5.41, 5.74) is 2.74. The Morgan fingerprint density at radius 3 is 2.55 bits per heavy atom. The fourth-order valence-corrected chi connectivity index (χ4v) is 2.73. The summed E-state index contributed by atoms with van der Waals surface area (Å²) < 4.78 is 0. The number of carbonyl (C=O) groups excluding carboxylic acids is 1. The SMILES string of the molecule is CCCC(NC(=O)c1cc2ccccc2[nH]1)c1ccccc1. The summed E-state index contributed by atoms with van der Waals surface area (Å²) in [6, 6.07) is 20.0. The van der Waals surface area contributed by atoms with Gasteiger partial charge in [0, 0.05) is 10.9 Å². The lowest BCUT2D eigenvalue weighted by atomic mass is 10.0. The molecule has 0 bridgehead atoms. The number of benzene rings is 2. The molecular weight excluding hydrogens is 272 g/mol. The minimum atomic E-state index is -0.0569. The number of carbonyl (C=O) groups is 1. The molecule has 1 amide bonds. The third kappa shape index (κ3) is 3.03. The fourth-order valence-electron chi connectivity index (χ4n) is 2.73. The quantitative estimate of drug-likeness (QED) is 0.717. The highest BCUT2D eigenvalue weighted by Crippen LogP contribution is 2.20. The normalized spacial score (nSPS) is 12.2. The number of hydrogen-bond acceptors (Lipinski definition) is 1. The van der Waals surface area contributed by atoms with Gasteiger partial charge in [0.05, 0.1) is 6.04 Å². The topological polar surface area (TPSA) is 44.9 Å². The highest BCUT2D eigenvalue weighted by Gasteiger charge is 2.16. The highest BCUT2D eigenvalue weighted by atomic mass is 16.1. The maximum atomic E-state index is 12.5. The summed E-state index contributed by atoms with van der Waals surface area (Å²) in [7, 11) is 0. The molecule has 3 heteroatoms. The summed E-state index contributed by atoms with van der Waals surface area (Å²) in [5, 5.41) is 4.20. The number of para-hydroxylation sites is 1. The minimum absolute atomic E-state index is 0.0464. The molecule has 2 N–H and O–H groups in total. The van der Waals surface area contributed by atoms with Gasteiger partial charge >= 0.3 is 0 Å². The Balaban J connectivity index is 1.81. The summed E-state index contributed by atoms with van der Waals surface area (Å²) in [5.74, 6) is -0.0569. The van der Waals surface area contributed by atoms with E-state index in [0.29, 0.717) is 5.69 Å². The van der Waals surface area contributed by atoms with Gasteiger partial charge < -0.3 is 10.3 Å². The largest absolute Gasteiger partial charge is 0.351 e. The molecule has 22 heavy (non-hydrogen) atoms. The Kier molecular flexibility index (Phi) is 4.24. The molecule has 0 fully saturated rings. The maximum absolute atomic E-state index is 12.5. The molecule has 1 aromatic heterocycles. The van der Waals surface area contributed by atoms with Crippen LogP contribution in [-0.2, 0) is 0 Å². The highest BCUT2D eigenvalue weighted by molar-refractivity contribution is 5.98. The van der Waals surface area contributed by atoms with Crippen molar-refractivity contribution in [1.82, 2.24) is 10.3 Å². The van der Waals surface area contributed by atoms with E-state index in [1.807, 2.05) is 48.5 Å². The zero-order chi connectivity index (χ0) is 15.4. The summed E-state index contributed by atoms with van der Waals surface area (Å²) in [6.07, 6.45) is 1.95. The zero-order valence-electron chi connectivity index (χ0n) is 12.7. The van der Waals surface area contributed by atoms with Gasteiger partial charge in [-0.3, -0.25) is 4.79 Å². The van der Waals surface area contributed by atoms with E-state index < -0.39 is 0 Å². The molecule has 0 aliphatic rings. The maximum Gasteiger partial charge on any atom is 0.268 e. The first kappa shape index (κ1) is 14.4. The molecule has 1 unspecified atom stereocenters. The molecular formula is C19H20N2O. The summed E-state index contributed by atoms with van der Waals surface area (Å²) >= 11 is 0. The van der Waals surface area contributed by atoms with Gasteiger partial charge in [-0.25, -0.2) is 0 Å². The lowest BCUT2D eigenvalue weighted by Crippen LogP contribution is -2.28. The predicted molar refractivity (Wildman–Crippen MR) is 89.9 cm³/mol. The minimum Gasteiger partial charge on any atom is -0.351 e.